The molecule has 0 unspecified atom stereocenters. The van der Waals surface area contributed by atoms with Crippen LogP contribution in [0.3, 0.4) is 0 Å². The molecule has 0 aromatic rings. The molecular formula is C6H16N2O5. The summed E-state index contributed by atoms with van der Waals surface area (Å²) in [6, 6.07) is -0.948. The van der Waals surface area contributed by atoms with Gasteiger partial charge in [-0.3, -0.25) is 11.3 Å². The molecule has 0 fully saturated rings. The molecule has 80 valence electrons. The highest BCUT2D eigenvalue weighted by molar-refractivity contribution is 4.83. The molecular weight excluding hydrogens is 180 g/mol. The van der Waals surface area contributed by atoms with E-state index in [0.717, 1.165) is 0 Å². The van der Waals surface area contributed by atoms with Crippen LogP contribution < -0.4 is 11.3 Å². The summed E-state index contributed by atoms with van der Waals surface area (Å²) < 4.78 is 0. The van der Waals surface area contributed by atoms with Crippen molar-refractivity contribution in [1.29, 1.82) is 0 Å². The van der Waals surface area contributed by atoms with Crippen molar-refractivity contribution >= 4 is 0 Å². The molecule has 7 nitrogen and oxygen atoms in total. The van der Waals surface area contributed by atoms with E-state index in [-0.39, 0.29) is 0 Å². The highest BCUT2D eigenvalue weighted by Gasteiger charge is 2.29. The van der Waals surface area contributed by atoms with Gasteiger partial charge in [0.25, 0.3) is 0 Å². The Labute approximate surface area is 75.4 Å². The van der Waals surface area contributed by atoms with Crippen LogP contribution in [0.4, 0.5) is 0 Å². The summed E-state index contributed by atoms with van der Waals surface area (Å²) in [5.74, 6) is 4.94. The van der Waals surface area contributed by atoms with Crippen LogP contribution in [-0.2, 0) is 0 Å². The second kappa shape index (κ2) is 6.22. The SMILES string of the molecule is NN[C@H](CO)[C@@H](O)[C@@H](O)[C@H](O)CO. The van der Waals surface area contributed by atoms with E-state index in [0.29, 0.717) is 0 Å². The van der Waals surface area contributed by atoms with Gasteiger partial charge in [-0.2, -0.15) is 0 Å². The van der Waals surface area contributed by atoms with E-state index in [2.05, 4.69) is 5.43 Å². The van der Waals surface area contributed by atoms with E-state index in [1.54, 1.807) is 0 Å². The number of nitrogens with one attached hydrogen (secondary N) is 1. The van der Waals surface area contributed by atoms with Crippen LogP contribution in [0, 0.1) is 0 Å². The highest BCUT2D eigenvalue weighted by atomic mass is 16.4. The lowest BCUT2D eigenvalue weighted by Gasteiger charge is -2.26. The maximum Gasteiger partial charge on any atom is 0.110 e. The predicted molar refractivity (Wildman–Crippen MR) is 43.3 cm³/mol. The van der Waals surface area contributed by atoms with Gasteiger partial charge in [-0.1, -0.05) is 0 Å². The minimum atomic E-state index is -1.56. The van der Waals surface area contributed by atoms with Gasteiger partial charge in [-0.25, -0.2) is 0 Å². The number of hydrazine groups is 1. The van der Waals surface area contributed by atoms with E-state index < -0.39 is 37.6 Å². The minimum Gasteiger partial charge on any atom is -0.395 e. The Morgan fingerprint density at radius 1 is 1.00 bits per heavy atom. The van der Waals surface area contributed by atoms with Crippen molar-refractivity contribution in [2.45, 2.75) is 24.4 Å². The van der Waals surface area contributed by atoms with Crippen LogP contribution in [0.2, 0.25) is 0 Å². The molecule has 0 aliphatic carbocycles. The van der Waals surface area contributed by atoms with Crippen molar-refractivity contribution in [3.8, 4) is 0 Å². The van der Waals surface area contributed by atoms with Crippen molar-refractivity contribution in [2.75, 3.05) is 13.2 Å². The summed E-state index contributed by atoms with van der Waals surface area (Å²) in [7, 11) is 0. The molecule has 0 aromatic heterocycles. The average Bonchev–Trinajstić information content (AvgIpc) is 2.17. The van der Waals surface area contributed by atoms with E-state index >= 15 is 0 Å². The number of aliphatic hydroxyl groups excluding tert-OH is 5. The van der Waals surface area contributed by atoms with Gasteiger partial charge in [0.2, 0.25) is 0 Å². The molecule has 0 radical (unpaired) electrons. The maximum absolute atomic E-state index is 9.26. The predicted octanol–water partition coefficient (Wildman–Crippen LogP) is -4.11. The molecule has 8 N–H and O–H groups in total. The third-order valence-corrected chi connectivity index (χ3v) is 1.75. The monoisotopic (exact) mass is 196 g/mol. The first-order valence-corrected chi connectivity index (χ1v) is 3.80. The van der Waals surface area contributed by atoms with E-state index in [1.165, 1.54) is 0 Å². The third kappa shape index (κ3) is 3.53. The molecule has 0 aromatic carbocycles. The first-order valence-electron chi connectivity index (χ1n) is 3.80. The van der Waals surface area contributed by atoms with Crippen molar-refractivity contribution in [3.05, 3.63) is 0 Å². The molecule has 0 aliphatic heterocycles. The zero-order chi connectivity index (χ0) is 10.4. The van der Waals surface area contributed by atoms with Crippen LogP contribution in [0.5, 0.6) is 0 Å². The lowest BCUT2D eigenvalue weighted by atomic mass is 10.0. The topological polar surface area (TPSA) is 139 Å². The Bertz CT molecular complexity index is 132. The Hall–Kier alpha value is -0.280. The number of nitrogens with two attached hydrogens (primary N) is 1. The van der Waals surface area contributed by atoms with Gasteiger partial charge in [0.05, 0.1) is 19.3 Å². The lowest BCUT2D eigenvalue weighted by Crippen LogP contribution is -2.54. The van der Waals surface area contributed by atoms with Gasteiger partial charge in [0.15, 0.2) is 0 Å². The van der Waals surface area contributed by atoms with Crippen molar-refractivity contribution in [2.24, 2.45) is 5.84 Å². The number of hydrogen-bond acceptors (Lipinski definition) is 7. The van der Waals surface area contributed by atoms with E-state index in [1.807, 2.05) is 0 Å². The molecule has 13 heavy (non-hydrogen) atoms. The molecule has 0 bridgehead atoms. The largest absolute Gasteiger partial charge is 0.395 e. The third-order valence-electron chi connectivity index (χ3n) is 1.75. The molecule has 4 atom stereocenters. The van der Waals surface area contributed by atoms with Gasteiger partial charge < -0.3 is 25.5 Å². The van der Waals surface area contributed by atoms with Crippen LogP contribution >= 0.6 is 0 Å². The molecule has 7 heteroatoms. The first-order chi connectivity index (χ1) is 6.08. The van der Waals surface area contributed by atoms with Crippen molar-refractivity contribution in [1.82, 2.24) is 5.43 Å². The van der Waals surface area contributed by atoms with E-state index in [4.69, 9.17) is 26.3 Å². The van der Waals surface area contributed by atoms with Crippen LogP contribution in [0.1, 0.15) is 0 Å². The Balaban J connectivity index is 4.13. The molecule has 0 saturated carbocycles. The summed E-state index contributed by atoms with van der Waals surface area (Å²) >= 11 is 0. The molecule has 0 amide bonds. The lowest BCUT2D eigenvalue weighted by molar-refractivity contribution is -0.0916. The molecule has 0 saturated heterocycles. The second-order valence-corrected chi connectivity index (χ2v) is 2.69. The fraction of sp³-hybridized carbons (Fsp3) is 1.00. The standard InChI is InChI=1S/C6H16N2O5/c7-8-3(1-9)5(12)6(13)4(11)2-10/h3-6,8-13H,1-2,7H2/t3-,4-,5-,6+/m1/s1. The molecule has 0 spiro atoms. The van der Waals surface area contributed by atoms with Crippen LogP contribution in [0.15, 0.2) is 0 Å². The number of aliphatic hydroxyl groups is 5. The summed E-state index contributed by atoms with van der Waals surface area (Å²) in [6.45, 7) is -1.17. The Morgan fingerprint density at radius 2 is 1.54 bits per heavy atom. The van der Waals surface area contributed by atoms with Gasteiger partial charge >= 0.3 is 0 Å². The zero-order valence-corrected chi connectivity index (χ0v) is 7.04. The molecule has 0 heterocycles. The zero-order valence-electron chi connectivity index (χ0n) is 7.04. The van der Waals surface area contributed by atoms with E-state index in [9.17, 15) is 5.11 Å². The molecule has 0 aliphatic rings. The highest BCUT2D eigenvalue weighted by Crippen LogP contribution is 2.03. The van der Waals surface area contributed by atoms with Gasteiger partial charge in [-0.15, -0.1) is 0 Å². The normalized spacial score (nSPS) is 20.8. The quantitative estimate of drug-likeness (QED) is 0.169. The van der Waals surface area contributed by atoms with Gasteiger partial charge in [-0.05, 0) is 0 Å². The first kappa shape index (κ1) is 12.7. The summed E-state index contributed by atoms with van der Waals surface area (Å²) in [4.78, 5) is 0. The van der Waals surface area contributed by atoms with Crippen LogP contribution in [-0.4, -0.2) is 63.1 Å². The number of hydrogen-bond donors (Lipinski definition) is 7. The van der Waals surface area contributed by atoms with Gasteiger partial charge in [0, 0.05) is 0 Å². The average molecular weight is 196 g/mol. The minimum absolute atomic E-state index is 0.493. The Morgan fingerprint density at radius 3 is 1.85 bits per heavy atom. The van der Waals surface area contributed by atoms with Crippen LogP contribution in [0.25, 0.3) is 0 Å². The van der Waals surface area contributed by atoms with Crippen molar-refractivity contribution < 1.29 is 25.5 Å². The smallest absolute Gasteiger partial charge is 0.110 e. The number of rotatable bonds is 6. The summed E-state index contributed by atoms with van der Waals surface area (Å²) in [6.07, 6.45) is -4.47. The summed E-state index contributed by atoms with van der Waals surface area (Å²) in [5.41, 5.74) is 2.06. The Kier molecular flexibility index (Phi) is 6.08. The van der Waals surface area contributed by atoms with Gasteiger partial charge in [0.1, 0.15) is 18.3 Å². The molecule has 0 rings (SSSR count). The fourth-order valence-electron chi connectivity index (χ4n) is 0.833. The summed E-state index contributed by atoms with van der Waals surface area (Å²) in [5, 5.41) is 44.4. The second-order valence-electron chi connectivity index (χ2n) is 2.69. The maximum atomic E-state index is 9.26. The fourth-order valence-corrected chi connectivity index (χ4v) is 0.833. The van der Waals surface area contributed by atoms with Crippen molar-refractivity contribution in [3.63, 3.8) is 0 Å².